The molecule has 20 heavy (non-hydrogen) atoms. The third-order valence-corrected chi connectivity index (χ3v) is 3.40. The molecule has 0 unspecified atom stereocenters. The van der Waals surface area contributed by atoms with E-state index in [1.807, 2.05) is 18.2 Å². The van der Waals surface area contributed by atoms with Crippen molar-refractivity contribution in [3.63, 3.8) is 0 Å². The summed E-state index contributed by atoms with van der Waals surface area (Å²) in [4.78, 5) is 4.43. The van der Waals surface area contributed by atoms with E-state index in [1.54, 1.807) is 24.3 Å². The van der Waals surface area contributed by atoms with Crippen molar-refractivity contribution in [2.45, 2.75) is 0 Å². The average Bonchev–Trinajstić information content (AvgIpc) is 2.42. The number of pyridine rings is 1. The Hall–Kier alpha value is -2.14. The first-order chi connectivity index (χ1) is 9.61. The highest BCUT2D eigenvalue weighted by Crippen LogP contribution is 2.24. The Labute approximate surface area is 123 Å². The number of nitrogens with two attached hydrogens (primary N) is 1. The summed E-state index contributed by atoms with van der Waals surface area (Å²) in [6.45, 7) is 0. The number of hydrogen-bond donors (Lipinski definition) is 2. The molecule has 5 heteroatoms. The second-order valence-corrected chi connectivity index (χ2v) is 5.31. The summed E-state index contributed by atoms with van der Waals surface area (Å²) in [6.07, 6.45) is 0. The predicted octanol–water partition coefficient (Wildman–Crippen LogP) is 4.46. The van der Waals surface area contributed by atoms with Crippen LogP contribution in [0, 0.1) is 5.82 Å². The van der Waals surface area contributed by atoms with Crippen LogP contribution in [0.3, 0.4) is 0 Å². The van der Waals surface area contributed by atoms with Gasteiger partial charge in [-0.15, -0.1) is 0 Å². The summed E-state index contributed by atoms with van der Waals surface area (Å²) in [5, 5.41) is 3.92. The molecule has 2 aromatic carbocycles. The van der Waals surface area contributed by atoms with E-state index in [9.17, 15) is 4.39 Å². The molecule has 0 bridgehead atoms. The van der Waals surface area contributed by atoms with Gasteiger partial charge in [-0.2, -0.15) is 0 Å². The number of fused-ring (bicyclic) bond motifs is 1. The minimum absolute atomic E-state index is 0.335. The van der Waals surface area contributed by atoms with Gasteiger partial charge in [-0.25, -0.2) is 9.37 Å². The van der Waals surface area contributed by atoms with E-state index in [2.05, 4.69) is 26.2 Å². The van der Waals surface area contributed by atoms with Crippen molar-refractivity contribution < 1.29 is 4.39 Å². The summed E-state index contributed by atoms with van der Waals surface area (Å²) < 4.78 is 14.5. The molecule has 3 nitrogen and oxygen atoms in total. The Balaban J connectivity index is 1.96. The Morgan fingerprint density at radius 1 is 1.05 bits per heavy atom. The Morgan fingerprint density at radius 3 is 2.70 bits per heavy atom. The molecule has 0 atom stereocenters. The zero-order valence-electron chi connectivity index (χ0n) is 10.4. The summed E-state index contributed by atoms with van der Waals surface area (Å²) in [7, 11) is 0. The van der Waals surface area contributed by atoms with Crippen molar-refractivity contribution >= 4 is 44.0 Å². The predicted molar refractivity (Wildman–Crippen MR) is 83.5 cm³/mol. The van der Waals surface area contributed by atoms with Gasteiger partial charge in [0.05, 0.1) is 11.2 Å². The topological polar surface area (TPSA) is 50.9 Å². The number of nitrogen functional groups attached to an aromatic ring is 1. The normalized spacial score (nSPS) is 10.7. The number of rotatable bonds is 2. The lowest BCUT2D eigenvalue weighted by molar-refractivity contribution is 0.631. The highest BCUT2D eigenvalue weighted by Gasteiger charge is 2.04. The Morgan fingerprint density at radius 2 is 1.90 bits per heavy atom. The molecule has 0 radical (unpaired) electrons. The first kappa shape index (κ1) is 12.9. The number of anilines is 3. The number of hydrogen-bond acceptors (Lipinski definition) is 3. The van der Waals surface area contributed by atoms with Crippen molar-refractivity contribution in [1.82, 2.24) is 4.98 Å². The van der Waals surface area contributed by atoms with Crippen LogP contribution < -0.4 is 11.1 Å². The maximum Gasteiger partial charge on any atom is 0.147 e. The zero-order chi connectivity index (χ0) is 14.1. The zero-order valence-corrected chi connectivity index (χ0v) is 12.0. The van der Waals surface area contributed by atoms with Crippen LogP contribution in [0.4, 0.5) is 21.6 Å². The summed E-state index contributed by atoms with van der Waals surface area (Å²) >= 11 is 3.23. The van der Waals surface area contributed by atoms with E-state index in [-0.39, 0.29) is 5.82 Å². The minimum atomic E-state index is -0.335. The van der Waals surface area contributed by atoms with Gasteiger partial charge >= 0.3 is 0 Å². The summed E-state index contributed by atoms with van der Waals surface area (Å²) in [6, 6.07) is 14.0. The van der Waals surface area contributed by atoms with E-state index in [0.29, 0.717) is 21.7 Å². The molecule has 100 valence electrons. The fourth-order valence-electron chi connectivity index (χ4n) is 1.94. The smallest absolute Gasteiger partial charge is 0.147 e. The van der Waals surface area contributed by atoms with Gasteiger partial charge in [0.2, 0.25) is 0 Å². The van der Waals surface area contributed by atoms with Gasteiger partial charge in [0.1, 0.15) is 11.6 Å². The van der Waals surface area contributed by atoms with E-state index in [1.165, 1.54) is 6.07 Å². The largest absolute Gasteiger partial charge is 0.399 e. The van der Waals surface area contributed by atoms with Crippen molar-refractivity contribution in [2.24, 2.45) is 0 Å². The lowest BCUT2D eigenvalue weighted by Crippen LogP contribution is -1.96. The molecule has 3 rings (SSSR count). The molecule has 0 saturated carbocycles. The SMILES string of the molecule is Nc1ccc2nc(Nc3ccc(Br)cc3F)ccc2c1. The van der Waals surface area contributed by atoms with Gasteiger partial charge in [-0.1, -0.05) is 15.9 Å². The van der Waals surface area contributed by atoms with Gasteiger partial charge in [0.15, 0.2) is 0 Å². The van der Waals surface area contributed by atoms with E-state index >= 15 is 0 Å². The standard InChI is InChI=1S/C15H11BrFN3/c16-10-2-4-14(12(17)8-10)20-15-6-1-9-7-11(18)3-5-13(9)19-15/h1-8H,18H2,(H,19,20). The molecular formula is C15H11BrFN3. The number of aromatic nitrogens is 1. The highest BCUT2D eigenvalue weighted by atomic mass is 79.9. The lowest BCUT2D eigenvalue weighted by atomic mass is 10.2. The molecule has 3 aromatic rings. The number of benzene rings is 2. The third-order valence-electron chi connectivity index (χ3n) is 2.91. The quantitative estimate of drug-likeness (QED) is 0.681. The summed E-state index contributed by atoms with van der Waals surface area (Å²) in [5.41, 5.74) is 7.61. The minimum Gasteiger partial charge on any atom is -0.399 e. The molecule has 0 saturated heterocycles. The molecule has 0 fully saturated rings. The molecule has 1 heterocycles. The Kier molecular flexibility index (Phi) is 3.28. The molecule has 3 N–H and O–H groups in total. The van der Waals surface area contributed by atoms with E-state index in [4.69, 9.17) is 5.73 Å². The highest BCUT2D eigenvalue weighted by molar-refractivity contribution is 9.10. The van der Waals surface area contributed by atoms with Crippen LogP contribution in [0.15, 0.2) is 53.0 Å². The molecule has 0 aliphatic rings. The first-order valence-corrected chi connectivity index (χ1v) is 6.79. The maximum absolute atomic E-state index is 13.8. The number of nitrogens with one attached hydrogen (secondary N) is 1. The summed E-state index contributed by atoms with van der Waals surface area (Å²) in [5.74, 6) is 0.252. The van der Waals surface area contributed by atoms with Crippen molar-refractivity contribution in [2.75, 3.05) is 11.1 Å². The van der Waals surface area contributed by atoms with Gasteiger partial charge in [0, 0.05) is 15.5 Å². The van der Waals surface area contributed by atoms with Crippen molar-refractivity contribution in [3.8, 4) is 0 Å². The van der Waals surface area contributed by atoms with Crippen LogP contribution in [-0.2, 0) is 0 Å². The monoisotopic (exact) mass is 331 g/mol. The van der Waals surface area contributed by atoms with Crippen LogP contribution in [-0.4, -0.2) is 4.98 Å². The van der Waals surface area contributed by atoms with E-state index in [0.717, 1.165) is 10.9 Å². The van der Waals surface area contributed by atoms with Gasteiger partial charge in [-0.05, 0) is 48.5 Å². The van der Waals surface area contributed by atoms with Gasteiger partial charge < -0.3 is 11.1 Å². The maximum atomic E-state index is 13.8. The second kappa shape index (κ2) is 5.09. The molecule has 0 aliphatic carbocycles. The fraction of sp³-hybridized carbons (Fsp3) is 0. The number of halogens is 2. The fourth-order valence-corrected chi connectivity index (χ4v) is 2.28. The van der Waals surface area contributed by atoms with Crippen LogP contribution in [0.2, 0.25) is 0 Å². The van der Waals surface area contributed by atoms with Crippen LogP contribution in [0.25, 0.3) is 10.9 Å². The van der Waals surface area contributed by atoms with Crippen LogP contribution >= 0.6 is 15.9 Å². The second-order valence-electron chi connectivity index (χ2n) is 4.40. The molecular weight excluding hydrogens is 321 g/mol. The average molecular weight is 332 g/mol. The number of nitrogens with zero attached hydrogens (tertiary/aromatic N) is 1. The molecule has 0 aliphatic heterocycles. The van der Waals surface area contributed by atoms with Crippen LogP contribution in [0.1, 0.15) is 0 Å². The Bertz CT molecular complexity index is 789. The first-order valence-electron chi connectivity index (χ1n) is 6.00. The van der Waals surface area contributed by atoms with Crippen LogP contribution in [0.5, 0.6) is 0 Å². The molecule has 0 amide bonds. The van der Waals surface area contributed by atoms with E-state index < -0.39 is 0 Å². The lowest BCUT2D eigenvalue weighted by Gasteiger charge is -2.08. The van der Waals surface area contributed by atoms with Gasteiger partial charge in [0.25, 0.3) is 0 Å². The van der Waals surface area contributed by atoms with Gasteiger partial charge in [-0.3, -0.25) is 0 Å². The van der Waals surface area contributed by atoms with Crippen molar-refractivity contribution in [3.05, 3.63) is 58.8 Å². The molecule has 1 aromatic heterocycles. The van der Waals surface area contributed by atoms with Crippen molar-refractivity contribution in [1.29, 1.82) is 0 Å². The third kappa shape index (κ3) is 2.58. The molecule has 0 spiro atoms.